The Morgan fingerprint density at radius 1 is 1.22 bits per heavy atom. The van der Waals surface area contributed by atoms with Crippen molar-refractivity contribution in [2.45, 2.75) is 6.54 Å². The Bertz CT molecular complexity index is 919. The Balaban J connectivity index is 1.51. The zero-order chi connectivity index (χ0) is 19.2. The largest absolute Gasteiger partial charge is 0.368 e. The summed E-state index contributed by atoms with van der Waals surface area (Å²) in [4.78, 5) is 15.0. The van der Waals surface area contributed by atoms with Crippen LogP contribution in [0.25, 0.3) is 11.0 Å². The first-order valence-electron chi connectivity index (χ1n) is 8.61. The highest BCUT2D eigenvalue weighted by atomic mass is 79.9. The maximum Gasteiger partial charge on any atom is 0.193 e. The van der Waals surface area contributed by atoms with E-state index in [0.717, 1.165) is 33.8 Å². The lowest BCUT2D eigenvalue weighted by molar-refractivity contribution is 0.478. The summed E-state index contributed by atoms with van der Waals surface area (Å²) in [5.41, 5.74) is 2.03. The monoisotopic (exact) mass is 430 g/mol. The number of nitrogens with zero attached hydrogens (tertiary/aromatic N) is 6. The number of aliphatic imine (C=N–C) groups is 1. The summed E-state index contributed by atoms with van der Waals surface area (Å²) in [5, 5.41) is 11.8. The van der Waals surface area contributed by atoms with Crippen LogP contribution in [0.1, 0.15) is 5.56 Å². The van der Waals surface area contributed by atoms with Crippen molar-refractivity contribution in [3.05, 3.63) is 46.8 Å². The topological polar surface area (TPSA) is 83.3 Å². The number of aromatic nitrogens is 4. The minimum atomic E-state index is 0.701. The molecule has 3 rings (SSSR count). The Hall–Kier alpha value is -2.68. The second-order valence-corrected chi connectivity index (χ2v) is 7.03. The van der Waals surface area contributed by atoms with E-state index < -0.39 is 0 Å². The Morgan fingerprint density at radius 2 is 2.00 bits per heavy atom. The summed E-state index contributed by atoms with van der Waals surface area (Å²) in [5.74, 6) is 1.63. The number of nitrogens with one attached hydrogen (secondary N) is 2. The minimum absolute atomic E-state index is 0.701. The molecule has 0 atom stereocenters. The molecule has 0 radical (unpaired) electrons. The average Bonchev–Trinajstić information content (AvgIpc) is 3.05. The molecule has 2 aromatic heterocycles. The molecule has 0 saturated heterocycles. The molecular formula is C18H23BrN8. The first-order chi connectivity index (χ1) is 13.1. The van der Waals surface area contributed by atoms with E-state index >= 15 is 0 Å². The number of guanidine groups is 1. The summed E-state index contributed by atoms with van der Waals surface area (Å²) >= 11 is 3.46. The third-order valence-electron chi connectivity index (χ3n) is 4.14. The van der Waals surface area contributed by atoms with Crippen LogP contribution in [0.15, 0.2) is 46.3 Å². The molecule has 0 aliphatic heterocycles. The maximum atomic E-state index is 4.35. The first-order valence-corrected chi connectivity index (χ1v) is 9.40. The highest BCUT2D eigenvalue weighted by molar-refractivity contribution is 9.10. The van der Waals surface area contributed by atoms with E-state index in [0.29, 0.717) is 13.1 Å². The van der Waals surface area contributed by atoms with Crippen LogP contribution in [-0.4, -0.2) is 57.8 Å². The van der Waals surface area contributed by atoms with Crippen molar-refractivity contribution >= 4 is 38.7 Å². The highest BCUT2D eigenvalue weighted by Crippen LogP contribution is 2.17. The molecule has 0 spiro atoms. The van der Waals surface area contributed by atoms with Gasteiger partial charge in [0.2, 0.25) is 0 Å². The highest BCUT2D eigenvalue weighted by Gasteiger charge is 2.08. The van der Waals surface area contributed by atoms with E-state index in [2.05, 4.69) is 63.7 Å². The van der Waals surface area contributed by atoms with E-state index in [1.807, 2.05) is 26.2 Å². The van der Waals surface area contributed by atoms with Crippen LogP contribution in [0.2, 0.25) is 0 Å². The van der Waals surface area contributed by atoms with Crippen LogP contribution >= 0.6 is 15.9 Å². The fourth-order valence-electron chi connectivity index (χ4n) is 2.78. The second kappa shape index (κ2) is 8.81. The standard InChI is InChI=1S/C18H23BrN8/c1-20-18(26(2)11-13-4-6-14(19)7-5-13)22-9-8-21-16-15-10-25-27(3)17(15)24-12-23-16/h4-7,10,12H,8-9,11H2,1-3H3,(H,20,22)(H,21,23,24). The van der Waals surface area contributed by atoms with E-state index in [4.69, 9.17) is 0 Å². The number of fused-ring (bicyclic) bond motifs is 1. The van der Waals surface area contributed by atoms with Crippen LogP contribution in [0.5, 0.6) is 0 Å². The van der Waals surface area contributed by atoms with Gasteiger partial charge in [0.1, 0.15) is 12.1 Å². The smallest absolute Gasteiger partial charge is 0.193 e. The molecular weight excluding hydrogens is 408 g/mol. The minimum Gasteiger partial charge on any atom is -0.368 e. The predicted octanol–water partition coefficient (Wildman–Crippen LogP) is 2.25. The van der Waals surface area contributed by atoms with E-state index in [1.54, 1.807) is 24.3 Å². The van der Waals surface area contributed by atoms with Crippen molar-refractivity contribution < 1.29 is 0 Å². The first kappa shape index (κ1) is 19.1. The van der Waals surface area contributed by atoms with Gasteiger partial charge in [0.25, 0.3) is 0 Å². The lowest BCUT2D eigenvalue weighted by Crippen LogP contribution is -2.40. The Kier molecular flexibility index (Phi) is 6.23. The van der Waals surface area contributed by atoms with Crippen molar-refractivity contribution in [3.8, 4) is 0 Å². The van der Waals surface area contributed by atoms with Crippen LogP contribution in [0, 0.1) is 0 Å². The average molecular weight is 431 g/mol. The molecule has 0 amide bonds. The van der Waals surface area contributed by atoms with Gasteiger partial charge in [0, 0.05) is 45.3 Å². The zero-order valence-electron chi connectivity index (χ0n) is 15.6. The van der Waals surface area contributed by atoms with Crippen molar-refractivity contribution in [2.75, 3.05) is 32.5 Å². The molecule has 0 bridgehead atoms. The molecule has 1 aromatic carbocycles. The lowest BCUT2D eigenvalue weighted by atomic mass is 10.2. The van der Waals surface area contributed by atoms with Gasteiger partial charge in [-0.3, -0.25) is 9.67 Å². The molecule has 8 nitrogen and oxygen atoms in total. The number of anilines is 1. The SMILES string of the molecule is CN=C(NCCNc1ncnc2c1cnn2C)N(C)Cc1ccc(Br)cc1. The molecule has 27 heavy (non-hydrogen) atoms. The van der Waals surface area contributed by atoms with Crippen molar-refractivity contribution in [1.82, 2.24) is 30.0 Å². The quantitative estimate of drug-likeness (QED) is 0.354. The predicted molar refractivity (Wildman–Crippen MR) is 112 cm³/mol. The number of benzene rings is 1. The fraction of sp³-hybridized carbons (Fsp3) is 0.333. The van der Waals surface area contributed by atoms with Gasteiger partial charge in [-0.1, -0.05) is 28.1 Å². The summed E-state index contributed by atoms with van der Waals surface area (Å²) in [6.45, 7) is 2.19. The van der Waals surface area contributed by atoms with Crippen LogP contribution < -0.4 is 10.6 Å². The lowest BCUT2D eigenvalue weighted by Gasteiger charge is -2.22. The van der Waals surface area contributed by atoms with Gasteiger partial charge in [-0.25, -0.2) is 9.97 Å². The van der Waals surface area contributed by atoms with Crippen LogP contribution in [0.4, 0.5) is 5.82 Å². The third-order valence-corrected chi connectivity index (χ3v) is 4.67. The normalized spacial score (nSPS) is 11.6. The maximum absolute atomic E-state index is 4.35. The molecule has 142 valence electrons. The molecule has 9 heteroatoms. The van der Waals surface area contributed by atoms with E-state index in [-0.39, 0.29) is 0 Å². The Labute approximate surface area is 166 Å². The molecule has 0 aliphatic rings. The summed E-state index contributed by atoms with van der Waals surface area (Å²) < 4.78 is 2.81. The summed E-state index contributed by atoms with van der Waals surface area (Å²) in [6.07, 6.45) is 3.32. The Morgan fingerprint density at radius 3 is 2.74 bits per heavy atom. The van der Waals surface area contributed by atoms with Gasteiger partial charge < -0.3 is 15.5 Å². The zero-order valence-corrected chi connectivity index (χ0v) is 17.2. The van der Waals surface area contributed by atoms with Gasteiger partial charge in [0.05, 0.1) is 11.6 Å². The number of hydrogen-bond acceptors (Lipinski definition) is 5. The molecule has 2 N–H and O–H groups in total. The molecule has 2 heterocycles. The molecule has 0 aliphatic carbocycles. The van der Waals surface area contributed by atoms with Gasteiger partial charge in [-0.15, -0.1) is 0 Å². The fourth-order valence-corrected chi connectivity index (χ4v) is 3.05. The number of halogens is 1. The van der Waals surface area contributed by atoms with Gasteiger partial charge in [0.15, 0.2) is 11.6 Å². The summed E-state index contributed by atoms with van der Waals surface area (Å²) in [7, 11) is 5.68. The van der Waals surface area contributed by atoms with Crippen LogP contribution in [-0.2, 0) is 13.6 Å². The van der Waals surface area contributed by atoms with Gasteiger partial charge >= 0.3 is 0 Å². The van der Waals surface area contributed by atoms with E-state index in [1.165, 1.54) is 5.56 Å². The van der Waals surface area contributed by atoms with Crippen molar-refractivity contribution in [3.63, 3.8) is 0 Å². The van der Waals surface area contributed by atoms with Gasteiger partial charge in [-0.05, 0) is 17.7 Å². The van der Waals surface area contributed by atoms with Crippen LogP contribution in [0.3, 0.4) is 0 Å². The molecule has 0 fully saturated rings. The molecule has 0 saturated carbocycles. The number of hydrogen-bond donors (Lipinski definition) is 2. The van der Waals surface area contributed by atoms with Gasteiger partial charge in [-0.2, -0.15) is 5.10 Å². The molecule has 0 unspecified atom stereocenters. The van der Waals surface area contributed by atoms with Crippen molar-refractivity contribution in [2.24, 2.45) is 12.0 Å². The summed E-state index contributed by atoms with van der Waals surface area (Å²) in [6, 6.07) is 8.29. The van der Waals surface area contributed by atoms with E-state index in [9.17, 15) is 0 Å². The number of rotatable bonds is 6. The number of aryl methyl sites for hydroxylation is 1. The third kappa shape index (κ3) is 4.73. The second-order valence-electron chi connectivity index (χ2n) is 6.11. The van der Waals surface area contributed by atoms with Crippen molar-refractivity contribution in [1.29, 1.82) is 0 Å². The molecule has 3 aromatic rings.